The van der Waals surface area contributed by atoms with Gasteiger partial charge in [-0.3, -0.25) is 9.59 Å². The Morgan fingerprint density at radius 3 is 1.90 bits per heavy atom. The van der Waals surface area contributed by atoms with Crippen LogP contribution in [-0.2, 0) is 0 Å². The molecule has 0 spiro atoms. The van der Waals surface area contributed by atoms with Gasteiger partial charge < -0.3 is 4.90 Å². The summed E-state index contributed by atoms with van der Waals surface area (Å²) in [6.07, 6.45) is 1.07. The second kappa shape index (κ2) is 5.29. The second-order valence-corrected chi connectivity index (χ2v) is 5.19. The maximum atomic E-state index is 12.5. The van der Waals surface area contributed by atoms with Crippen LogP contribution in [-0.4, -0.2) is 42.8 Å². The van der Waals surface area contributed by atoms with Crippen LogP contribution in [0.4, 0.5) is 4.39 Å². The van der Waals surface area contributed by atoms with Crippen LogP contribution < -0.4 is 0 Å². The van der Waals surface area contributed by atoms with Gasteiger partial charge in [0.25, 0.3) is 0 Å². The second-order valence-electron chi connectivity index (χ2n) is 5.19. The number of carbonyl (C=O) groups is 2. The molecule has 0 fully saturated rings. The quantitative estimate of drug-likeness (QED) is 0.830. The Morgan fingerprint density at radius 1 is 0.950 bits per heavy atom. The molecule has 0 radical (unpaired) electrons. The van der Waals surface area contributed by atoms with Gasteiger partial charge in [0.15, 0.2) is 11.6 Å². The van der Waals surface area contributed by atoms with E-state index in [0.717, 1.165) is 0 Å². The van der Waals surface area contributed by atoms with E-state index in [4.69, 9.17) is 0 Å². The van der Waals surface area contributed by atoms with Gasteiger partial charge in [0.05, 0.1) is 0 Å². The molecule has 20 heavy (non-hydrogen) atoms. The Morgan fingerprint density at radius 2 is 1.45 bits per heavy atom. The van der Waals surface area contributed by atoms with Crippen molar-refractivity contribution in [3.8, 4) is 0 Å². The van der Waals surface area contributed by atoms with Crippen LogP contribution in [0.15, 0.2) is 35.4 Å². The molecule has 1 aromatic carbocycles. The number of carbonyl (C=O) groups excluding carboxylic acids is 2. The van der Waals surface area contributed by atoms with Crippen LogP contribution in [0.1, 0.15) is 33.6 Å². The van der Waals surface area contributed by atoms with Gasteiger partial charge in [0, 0.05) is 41.9 Å². The SMILES string of the molecule is O=C1C2=C(CCN(CCF)CC2)C(=O)c2ccccc21. The highest BCUT2D eigenvalue weighted by atomic mass is 19.1. The van der Waals surface area contributed by atoms with E-state index in [1.165, 1.54) is 0 Å². The summed E-state index contributed by atoms with van der Waals surface area (Å²) in [5, 5.41) is 0. The van der Waals surface area contributed by atoms with Crippen molar-refractivity contribution in [2.75, 3.05) is 26.3 Å². The molecule has 1 aliphatic heterocycles. The van der Waals surface area contributed by atoms with Crippen molar-refractivity contribution in [2.45, 2.75) is 12.8 Å². The molecule has 1 heterocycles. The fourth-order valence-corrected chi connectivity index (χ4v) is 3.00. The van der Waals surface area contributed by atoms with Crippen LogP contribution >= 0.6 is 0 Å². The molecule has 4 heteroatoms. The Balaban J connectivity index is 1.95. The van der Waals surface area contributed by atoms with E-state index in [9.17, 15) is 14.0 Å². The van der Waals surface area contributed by atoms with Crippen molar-refractivity contribution in [1.82, 2.24) is 4.90 Å². The van der Waals surface area contributed by atoms with Crippen molar-refractivity contribution >= 4 is 11.6 Å². The number of nitrogens with zero attached hydrogens (tertiary/aromatic N) is 1. The van der Waals surface area contributed by atoms with E-state index in [2.05, 4.69) is 0 Å². The molecule has 0 bridgehead atoms. The van der Waals surface area contributed by atoms with Crippen molar-refractivity contribution in [1.29, 1.82) is 0 Å². The van der Waals surface area contributed by atoms with Gasteiger partial charge >= 0.3 is 0 Å². The number of benzene rings is 1. The van der Waals surface area contributed by atoms with Crippen molar-refractivity contribution in [3.63, 3.8) is 0 Å². The van der Waals surface area contributed by atoms with Crippen LogP contribution in [0.5, 0.6) is 0 Å². The summed E-state index contributed by atoms with van der Waals surface area (Å²) in [5.41, 5.74) is 2.29. The minimum Gasteiger partial charge on any atom is -0.300 e. The zero-order valence-electron chi connectivity index (χ0n) is 11.2. The fraction of sp³-hybridized carbons (Fsp3) is 0.375. The summed E-state index contributed by atoms with van der Waals surface area (Å²) in [5.74, 6) is -0.0606. The monoisotopic (exact) mass is 273 g/mol. The van der Waals surface area contributed by atoms with Crippen LogP contribution in [0.2, 0.25) is 0 Å². The first-order valence-corrected chi connectivity index (χ1v) is 6.91. The third kappa shape index (κ3) is 2.10. The van der Waals surface area contributed by atoms with Gasteiger partial charge in [-0.05, 0) is 12.8 Å². The zero-order chi connectivity index (χ0) is 14.1. The number of fused-ring (bicyclic) bond motifs is 1. The predicted octanol–water partition coefficient (Wildman–Crippen LogP) is 2.43. The smallest absolute Gasteiger partial charge is 0.190 e. The molecule has 0 unspecified atom stereocenters. The molecule has 0 amide bonds. The topological polar surface area (TPSA) is 37.4 Å². The molecule has 0 N–H and O–H groups in total. The average molecular weight is 273 g/mol. The fourth-order valence-electron chi connectivity index (χ4n) is 3.00. The number of hydrogen-bond acceptors (Lipinski definition) is 3. The number of hydrogen-bond donors (Lipinski definition) is 0. The predicted molar refractivity (Wildman–Crippen MR) is 73.8 cm³/mol. The van der Waals surface area contributed by atoms with Gasteiger partial charge in [-0.2, -0.15) is 0 Å². The van der Waals surface area contributed by atoms with E-state index >= 15 is 0 Å². The Labute approximate surface area is 117 Å². The van der Waals surface area contributed by atoms with Gasteiger partial charge in [-0.15, -0.1) is 0 Å². The van der Waals surface area contributed by atoms with Crippen molar-refractivity contribution < 1.29 is 14.0 Å². The zero-order valence-corrected chi connectivity index (χ0v) is 11.2. The molecular formula is C16H16FNO2. The van der Waals surface area contributed by atoms with E-state index < -0.39 is 6.67 Å². The summed E-state index contributed by atoms with van der Waals surface area (Å²) in [4.78, 5) is 27.0. The lowest BCUT2D eigenvalue weighted by Crippen LogP contribution is -2.27. The lowest BCUT2D eigenvalue weighted by Gasteiger charge is -2.18. The maximum Gasteiger partial charge on any atom is 0.190 e. The lowest BCUT2D eigenvalue weighted by molar-refractivity contribution is 0.0970. The molecule has 104 valence electrons. The third-order valence-electron chi connectivity index (χ3n) is 4.09. The number of alkyl halides is 1. The molecule has 1 aliphatic carbocycles. The molecule has 0 saturated carbocycles. The highest BCUT2D eigenvalue weighted by molar-refractivity contribution is 6.26. The molecule has 0 aromatic heterocycles. The molecule has 2 aliphatic rings. The van der Waals surface area contributed by atoms with E-state index in [1.54, 1.807) is 24.3 Å². The molecular weight excluding hydrogens is 257 g/mol. The van der Waals surface area contributed by atoms with E-state index in [0.29, 0.717) is 54.7 Å². The summed E-state index contributed by atoms with van der Waals surface area (Å²) in [6, 6.07) is 6.98. The molecule has 3 nitrogen and oxygen atoms in total. The van der Waals surface area contributed by atoms with Gasteiger partial charge in [0.1, 0.15) is 6.67 Å². The first-order valence-electron chi connectivity index (χ1n) is 6.91. The average Bonchev–Trinajstić information content (AvgIpc) is 2.68. The van der Waals surface area contributed by atoms with E-state index in [1.807, 2.05) is 4.90 Å². The van der Waals surface area contributed by atoms with Crippen molar-refractivity contribution in [3.05, 3.63) is 46.5 Å². The first kappa shape index (κ1) is 13.2. The van der Waals surface area contributed by atoms with Crippen LogP contribution in [0.3, 0.4) is 0 Å². The molecule has 0 saturated heterocycles. The van der Waals surface area contributed by atoms with Crippen LogP contribution in [0, 0.1) is 0 Å². The normalized spacial score (nSPS) is 19.6. The number of halogens is 1. The number of rotatable bonds is 2. The van der Waals surface area contributed by atoms with Crippen molar-refractivity contribution in [2.24, 2.45) is 0 Å². The highest BCUT2D eigenvalue weighted by Crippen LogP contribution is 2.31. The van der Waals surface area contributed by atoms with Gasteiger partial charge in [-0.25, -0.2) is 4.39 Å². The molecule has 1 aromatic rings. The number of ketones is 2. The minimum absolute atomic E-state index is 0.0303. The minimum atomic E-state index is -0.396. The first-order chi connectivity index (χ1) is 9.72. The lowest BCUT2D eigenvalue weighted by atomic mass is 9.82. The Bertz CT molecular complexity index is 557. The number of Topliss-reactive ketones (excluding diaryl/α,β-unsaturated/α-hetero) is 2. The van der Waals surface area contributed by atoms with Crippen LogP contribution in [0.25, 0.3) is 0 Å². The van der Waals surface area contributed by atoms with Gasteiger partial charge in [-0.1, -0.05) is 24.3 Å². The summed E-state index contributed by atoms with van der Waals surface area (Å²) >= 11 is 0. The molecule has 3 rings (SSSR count). The third-order valence-corrected chi connectivity index (χ3v) is 4.09. The summed E-state index contributed by atoms with van der Waals surface area (Å²) in [7, 11) is 0. The molecule has 0 atom stereocenters. The van der Waals surface area contributed by atoms with Gasteiger partial charge in [0.2, 0.25) is 0 Å². The van der Waals surface area contributed by atoms with E-state index in [-0.39, 0.29) is 11.6 Å². The summed E-state index contributed by atoms with van der Waals surface area (Å²) in [6.45, 7) is 1.26. The Hall–Kier alpha value is -1.81. The highest BCUT2D eigenvalue weighted by Gasteiger charge is 2.33. The standard InChI is InChI=1S/C16H16FNO2/c17-7-10-18-8-5-13-14(6-9-18)16(20)12-4-2-1-3-11(12)15(13)19/h1-4H,5-10H2. The Kier molecular flexibility index (Phi) is 3.49. The largest absolute Gasteiger partial charge is 0.300 e. The maximum absolute atomic E-state index is 12.5. The summed E-state index contributed by atoms with van der Waals surface area (Å²) < 4.78 is 12.5.